The van der Waals surface area contributed by atoms with E-state index in [0.717, 1.165) is 28.6 Å². The molecular weight excluding hydrogens is 260 g/mol. The highest BCUT2D eigenvalue weighted by atomic mass is 35.5. The van der Waals surface area contributed by atoms with Gasteiger partial charge < -0.3 is 11.1 Å². The first-order chi connectivity index (χ1) is 9.02. The number of hydrogen-bond donors (Lipinski definition) is 2. The Balaban J connectivity index is 2.23. The van der Waals surface area contributed by atoms with Gasteiger partial charge in [-0.25, -0.2) is 4.68 Å². The number of nitrogen functional groups attached to an aromatic ring is 1. The van der Waals surface area contributed by atoms with Crippen molar-refractivity contribution in [2.75, 3.05) is 11.1 Å². The molecule has 0 saturated carbocycles. The van der Waals surface area contributed by atoms with Crippen molar-refractivity contribution in [2.24, 2.45) is 0 Å². The highest BCUT2D eigenvalue weighted by Gasteiger charge is 2.14. The third-order valence-corrected chi connectivity index (χ3v) is 3.45. The molecule has 0 spiro atoms. The van der Waals surface area contributed by atoms with Crippen molar-refractivity contribution in [1.82, 2.24) is 9.78 Å². The van der Waals surface area contributed by atoms with E-state index < -0.39 is 0 Å². The molecule has 0 bridgehead atoms. The van der Waals surface area contributed by atoms with Crippen molar-refractivity contribution >= 4 is 23.1 Å². The number of hydrogen-bond acceptors (Lipinski definition) is 3. The predicted octanol–water partition coefficient (Wildman–Crippen LogP) is 3.62. The molecule has 0 saturated heterocycles. The highest BCUT2D eigenvalue weighted by molar-refractivity contribution is 6.30. The van der Waals surface area contributed by atoms with Crippen molar-refractivity contribution in [3.8, 4) is 0 Å². The first kappa shape index (κ1) is 13.7. The molecule has 1 atom stereocenters. The van der Waals surface area contributed by atoms with Gasteiger partial charge in [-0.2, -0.15) is 5.10 Å². The van der Waals surface area contributed by atoms with Gasteiger partial charge in [0.2, 0.25) is 0 Å². The van der Waals surface area contributed by atoms with E-state index in [1.54, 1.807) is 0 Å². The monoisotopic (exact) mass is 278 g/mol. The lowest BCUT2D eigenvalue weighted by Crippen LogP contribution is -2.12. The largest absolute Gasteiger partial charge is 0.394 e. The number of nitrogens with two attached hydrogens (primary N) is 1. The van der Waals surface area contributed by atoms with Gasteiger partial charge in [-0.05, 0) is 38.5 Å². The fourth-order valence-corrected chi connectivity index (χ4v) is 2.14. The molecule has 102 valence electrons. The number of anilines is 2. The van der Waals surface area contributed by atoms with Gasteiger partial charge in [0.15, 0.2) is 0 Å². The lowest BCUT2D eigenvalue weighted by Gasteiger charge is -2.17. The van der Waals surface area contributed by atoms with Crippen LogP contribution in [0.2, 0.25) is 5.02 Å². The van der Waals surface area contributed by atoms with E-state index in [-0.39, 0.29) is 6.04 Å². The molecule has 0 fully saturated rings. The molecule has 1 aromatic carbocycles. The van der Waals surface area contributed by atoms with Crippen molar-refractivity contribution in [3.05, 3.63) is 40.5 Å². The minimum Gasteiger partial charge on any atom is -0.394 e. The van der Waals surface area contributed by atoms with E-state index in [9.17, 15) is 0 Å². The van der Waals surface area contributed by atoms with Crippen LogP contribution in [0.15, 0.2) is 24.3 Å². The van der Waals surface area contributed by atoms with Gasteiger partial charge in [-0.1, -0.05) is 23.7 Å². The summed E-state index contributed by atoms with van der Waals surface area (Å²) in [4.78, 5) is 0. The van der Waals surface area contributed by atoms with E-state index >= 15 is 0 Å². The van der Waals surface area contributed by atoms with Gasteiger partial charge in [0, 0.05) is 11.6 Å². The van der Waals surface area contributed by atoms with E-state index in [2.05, 4.69) is 17.3 Å². The Bertz CT molecular complexity index is 560. The topological polar surface area (TPSA) is 55.9 Å². The van der Waals surface area contributed by atoms with Crippen LogP contribution in [0.4, 0.5) is 11.5 Å². The van der Waals surface area contributed by atoms with Crippen molar-refractivity contribution in [2.45, 2.75) is 33.4 Å². The maximum atomic E-state index is 6.06. The van der Waals surface area contributed by atoms with Crippen LogP contribution in [-0.2, 0) is 6.54 Å². The first-order valence-electron chi connectivity index (χ1n) is 6.37. The number of rotatable bonds is 4. The Kier molecular flexibility index (Phi) is 4.00. The van der Waals surface area contributed by atoms with Crippen molar-refractivity contribution in [3.63, 3.8) is 0 Å². The average Bonchev–Trinajstić information content (AvgIpc) is 2.67. The maximum absolute atomic E-state index is 6.06. The summed E-state index contributed by atoms with van der Waals surface area (Å²) in [5.41, 5.74) is 8.79. The number of nitrogens with one attached hydrogen (secondary N) is 1. The second-order valence-corrected chi connectivity index (χ2v) is 5.02. The maximum Gasteiger partial charge on any atom is 0.148 e. The number of halogens is 1. The van der Waals surface area contributed by atoms with Gasteiger partial charge in [0.05, 0.1) is 17.4 Å². The molecule has 1 aromatic heterocycles. The third kappa shape index (κ3) is 2.84. The first-order valence-corrected chi connectivity index (χ1v) is 6.75. The SMILES string of the molecule is CCn1nc(C)c(N)c1NC(C)c1ccc(Cl)cc1. The van der Waals surface area contributed by atoms with Gasteiger partial charge >= 0.3 is 0 Å². The normalized spacial score (nSPS) is 12.4. The fraction of sp³-hybridized carbons (Fsp3) is 0.357. The quantitative estimate of drug-likeness (QED) is 0.898. The minimum atomic E-state index is 0.140. The Morgan fingerprint density at radius 1 is 1.37 bits per heavy atom. The zero-order chi connectivity index (χ0) is 14.0. The molecule has 0 radical (unpaired) electrons. The third-order valence-electron chi connectivity index (χ3n) is 3.20. The molecule has 2 aromatic rings. The van der Waals surface area contributed by atoms with Crippen LogP contribution >= 0.6 is 11.6 Å². The summed E-state index contributed by atoms with van der Waals surface area (Å²) in [6.07, 6.45) is 0. The Labute approximate surface area is 118 Å². The van der Waals surface area contributed by atoms with Crippen LogP contribution in [-0.4, -0.2) is 9.78 Å². The van der Waals surface area contributed by atoms with Crippen LogP contribution in [0.3, 0.4) is 0 Å². The van der Waals surface area contributed by atoms with E-state index in [1.165, 1.54) is 0 Å². The lowest BCUT2D eigenvalue weighted by molar-refractivity contribution is 0.651. The average molecular weight is 279 g/mol. The van der Waals surface area contributed by atoms with Crippen LogP contribution < -0.4 is 11.1 Å². The van der Waals surface area contributed by atoms with E-state index in [1.807, 2.05) is 42.8 Å². The van der Waals surface area contributed by atoms with Gasteiger partial charge in [-0.15, -0.1) is 0 Å². The summed E-state index contributed by atoms with van der Waals surface area (Å²) in [7, 11) is 0. The lowest BCUT2D eigenvalue weighted by atomic mass is 10.1. The van der Waals surface area contributed by atoms with Gasteiger partial charge in [-0.3, -0.25) is 0 Å². The standard InChI is InChI=1S/C14H19ClN4/c1-4-19-14(13(16)10(3)18-19)17-9(2)11-5-7-12(15)8-6-11/h5-9,17H,4,16H2,1-3H3. The van der Waals surface area contributed by atoms with Crippen LogP contribution in [0.5, 0.6) is 0 Å². The molecule has 3 N–H and O–H groups in total. The van der Waals surface area contributed by atoms with Gasteiger partial charge in [0.25, 0.3) is 0 Å². The molecule has 19 heavy (non-hydrogen) atoms. The van der Waals surface area contributed by atoms with E-state index in [0.29, 0.717) is 5.69 Å². The predicted molar refractivity (Wildman–Crippen MR) is 80.5 cm³/mol. The molecule has 2 rings (SSSR count). The summed E-state index contributed by atoms with van der Waals surface area (Å²) in [6, 6.07) is 7.94. The molecule has 4 nitrogen and oxygen atoms in total. The number of aromatic nitrogens is 2. The summed E-state index contributed by atoms with van der Waals surface area (Å²) in [5, 5.41) is 8.56. The summed E-state index contributed by atoms with van der Waals surface area (Å²) < 4.78 is 1.89. The van der Waals surface area contributed by atoms with Crippen LogP contribution in [0, 0.1) is 6.92 Å². The minimum absolute atomic E-state index is 0.140. The van der Waals surface area contributed by atoms with E-state index in [4.69, 9.17) is 17.3 Å². The molecule has 1 unspecified atom stereocenters. The molecular formula is C14H19ClN4. The van der Waals surface area contributed by atoms with Crippen molar-refractivity contribution in [1.29, 1.82) is 0 Å². The second-order valence-electron chi connectivity index (χ2n) is 4.58. The van der Waals surface area contributed by atoms with Gasteiger partial charge in [0.1, 0.15) is 5.82 Å². The summed E-state index contributed by atoms with van der Waals surface area (Å²) in [5.74, 6) is 0.877. The Hall–Kier alpha value is -1.68. The Morgan fingerprint density at radius 3 is 2.58 bits per heavy atom. The van der Waals surface area contributed by atoms with Crippen LogP contribution in [0.1, 0.15) is 31.1 Å². The highest BCUT2D eigenvalue weighted by Crippen LogP contribution is 2.27. The van der Waals surface area contributed by atoms with Crippen molar-refractivity contribution < 1.29 is 0 Å². The number of aryl methyl sites for hydroxylation is 2. The molecule has 0 amide bonds. The molecule has 0 aliphatic carbocycles. The second kappa shape index (κ2) is 5.53. The number of benzene rings is 1. The molecule has 1 heterocycles. The number of nitrogens with zero attached hydrogens (tertiary/aromatic N) is 2. The summed E-state index contributed by atoms with van der Waals surface area (Å²) in [6.45, 7) is 6.84. The zero-order valence-electron chi connectivity index (χ0n) is 11.4. The molecule has 0 aliphatic rings. The molecule has 5 heteroatoms. The smallest absolute Gasteiger partial charge is 0.148 e. The zero-order valence-corrected chi connectivity index (χ0v) is 12.2. The molecule has 0 aliphatic heterocycles. The summed E-state index contributed by atoms with van der Waals surface area (Å²) >= 11 is 5.90. The fourth-order valence-electron chi connectivity index (χ4n) is 2.02. The van der Waals surface area contributed by atoms with Crippen LogP contribution in [0.25, 0.3) is 0 Å². The Morgan fingerprint density at radius 2 is 2.00 bits per heavy atom.